The van der Waals surface area contributed by atoms with Gasteiger partial charge in [0.1, 0.15) is 0 Å². The summed E-state index contributed by atoms with van der Waals surface area (Å²) in [6, 6.07) is 0. The van der Waals surface area contributed by atoms with Gasteiger partial charge in [-0.15, -0.1) is 23.1 Å². The summed E-state index contributed by atoms with van der Waals surface area (Å²) >= 11 is 3.83. The number of hydrogen-bond acceptors (Lipinski definition) is 4. The Kier molecular flexibility index (Phi) is 2.91. The standard InChI is InChI=1S/C9H14N2S2/c1-6-8(13-7(2)11-6)9-10-4-3-5-12-9/h9-10H,3-5H2,1-2H3. The molecule has 4 heteroatoms. The van der Waals surface area contributed by atoms with Crippen molar-refractivity contribution in [1.82, 2.24) is 10.3 Å². The van der Waals surface area contributed by atoms with Crippen LogP contribution in [-0.2, 0) is 0 Å². The summed E-state index contributed by atoms with van der Waals surface area (Å²) in [7, 11) is 0. The molecule has 0 spiro atoms. The minimum absolute atomic E-state index is 0.500. The normalized spacial score (nSPS) is 23.4. The molecule has 1 aliphatic heterocycles. The van der Waals surface area contributed by atoms with Crippen molar-refractivity contribution in [2.24, 2.45) is 0 Å². The molecule has 1 aromatic heterocycles. The highest BCUT2D eigenvalue weighted by Gasteiger charge is 2.19. The Bertz CT molecular complexity index is 290. The van der Waals surface area contributed by atoms with Crippen molar-refractivity contribution in [3.05, 3.63) is 15.6 Å². The van der Waals surface area contributed by atoms with E-state index in [2.05, 4.69) is 24.1 Å². The molecule has 13 heavy (non-hydrogen) atoms. The van der Waals surface area contributed by atoms with Crippen molar-refractivity contribution < 1.29 is 0 Å². The molecule has 2 nitrogen and oxygen atoms in total. The fourth-order valence-electron chi connectivity index (χ4n) is 1.52. The zero-order valence-corrected chi connectivity index (χ0v) is 9.60. The first kappa shape index (κ1) is 9.49. The highest BCUT2D eigenvalue weighted by atomic mass is 32.2. The monoisotopic (exact) mass is 214 g/mol. The third kappa shape index (κ3) is 2.06. The minimum atomic E-state index is 0.500. The smallest absolute Gasteiger partial charge is 0.0901 e. The van der Waals surface area contributed by atoms with Gasteiger partial charge in [0.05, 0.1) is 21.0 Å². The summed E-state index contributed by atoms with van der Waals surface area (Å²) in [5.74, 6) is 1.27. The van der Waals surface area contributed by atoms with Crippen LogP contribution in [0.25, 0.3) is 0 Å². The summed E-state index contributed by atoms with van der Waals surface area (Å²) in [5, 5.41) is 5.20. The molecule has 0 aromatic carbocycles. The van der Waals surface area contributed by atoms with Crippen molar-refractivity contribution in [2.75, 3.05) is 12.3 Å². The van der Waals surface area contributed by atoms with E-state index < -0.39 is 0 Å². The molecule has 0 bridgehead atoms. The van der Waals surface area contributed by atoms with E-state index in [1.54, 1.807) is 0 Å². The summed E-state index contributed by atoms with van der Waals surface area (Å²) in [6.07, 6.45) is 1.29. The Balaban J connectivity index is 2.18. The molecule has 0 aliphatic carbocycles. The Morgan fingerprint density at radius 1 is 1.46 bits per heavy atom. The lowest BCUT2D eigenvalue weighted by Gasteiger charge is -2.22. The average Bonchev–Trinajstić information content (AvgIpc) is 2.47. The predicted molar refractivity (Wildman–Crippen MR) is 59.4 cm³/mol. The SMILES string of the molecule is Cc1nc(C)c(C2NCCCS2)s1. The van der Waals surface area contributed by atoms with Crippen LogP contribution < -0.4 is 5.32 Å². The number of hydrogen-bond donors (Lipinski definition) is 1. The molecule has 72 valence electrons. The highest BCUT2D eigenvalue weighted by Crippen LogP contribution is 2.34. The topological polar surface area (TPSA) is 24.9 Å². The molecule has 2 heterocycles. The molecule has 0 amide bonds. The number of rotatable bonds is 1. The maximum absolute atomic E-state index is 4.45. The second-order valence-electron chi connectivity index (χ2n) is 3.24. The van der Waals surface area contributed by atoms with Crippen LogP contribution in [0.4, 0.5) is 0 Å². The maximum atomic E-state index is 4.45. The van der Waals surface area contributed by atoms with Gasteiger partial charge in [0.15, 0.2) is 0 Å². The van der Waals surface area contributed by atoms with Gasteiger partial charge in [-0.05, 0) is 32.6 Å². The van der Waals surface area contributed by atoms with Gasteiger partial charge in [-0.3, -0.25) is 0 Å². The Labute approximate surface area is 87.1 Å². The van der Waals surface area contributed by atoms with Gasteiger partial charge in [0.2, 0.25) is 0 Å². The van der Waals surface area contributed by atoms with Crippen molar-refractivity contribution in [2.45, 2.75) is 25.6 Å². The van der Waals surface area contributed by atoms with Gasteiger partial charge in [-0.1, -0.05) is 0 Å². The van der Waals surface area contributed by atoms with Crippen molar-refractivity contribution in [1.29, 1.82) is 0 Å². The van der Waals surface area contributed by atoms with Crippen LogP contribution in [0.3, 0.4) is 0 Å². The summed E-state index contributed by atoms with van der Waals surface area (Å²) in [6.45, 7) is 5.33. The van der Waals surface area contributed by atoms with Gasteiger partial charge in [-0.25, -0.2) is 4.98 Å². The molecule has 1 N–H and O–H groups in total. The van der Waals surface area contributed by atoms with Gasteiger partial charge >= 0.3 is 0 Å². The first-order chi connectivity index (χ1) is 6.27. The minimum Gasteiger partial charge on any atom is -0.301 e. The third-order valence-electron chi connectivity index (χ3n) is 2.11. The number of nitrogens with one attached hydrogen (secondary N) is 1. The van der Waals surface area contributed by atoms with Crippen molar-refractivity contribution in [3.63, 3.8) is 0 Å². The number of aryl methyl sites for hydroxylation is 2. The van der Waals surface area contributed by atoms with Crippen molar-refractivity contribution in [3.8, 4) is 0 Å². The van der Waals surface area contributed by atoms with Crippen LogP contribution in [0.1, 0.15) is 27.4 Å². The molecule has 1 aromatic rings. The summed E-state index contributed by atoms with van der Waals surface area (Å²) < 4.78 is 0. The molecule has 1 saturated heterocycles. The van der Waals surface area contributed by atoms with Crippen LogP contribution in [0.5, 0.6) is 0 Å². The quantitative estimate of drug-likeness (QED) is 0.777. The maximum Gasteiger partial charge on any atom is 0.0901 e. The largest absolute Gasteiger partial charge is 0.301 e. The lowest BCUT2D eigenvalue weighted by Crippen LogP contribution is -2.24. The zero-order valence-electron chi connectivity index (χ0n) is 7.96. The van der Waals surface area contributed by atoms with Crippen LogP contribution in [-0.4, -0.2) is 17.3 Å². The van der Waals surface area contributed by atoms with Crippen LogP contribution in [0.2, 0.25) is 0 Å². The zero-order chi connectivity index (χ0) is 9.26. The van der Waals surface area contributed by atoms with E-state index in [4.69, 9.17) is 0 Å². The number of thiazole rings is 1. The molecular weight excluding hydrogens is 200 g/mol. The number of aromatic nitrogens is 1. The van der Waals surface area contributed by atoms with Gasteiger partial charge in [-0.2, -0.15) is 0 Å². The van der Waals surface area contributed by atoms with E-state index in [-0.39, 0.29) is 0 Å². The second kappa shape index (κ2) is 3.98. The molecule has 1 fully saturated rings. The van der Waals surface area contributed by atoms with Crippen LogP contribution >= 0.6 is 23.1 Å². The lowest BCUT2D eigenvalue weighted by atomic mass is 10.3. The first-order valence-corrected chi connectivity index (χ1v) is 6.43. The average molecular weight is 214 g/mol. The van der Waals surface area contributed by atoms with E-state index >= 15 is 0 Å². The molecule has 2 rings (SSSR count). The molecule has 1 unspecified atom stereocenters. The Morgan fingerprint density at radius 2 is 2.31 bits per heavy atom. The molecular formula is C9H14N2S2. The van der Waals surface area contributed by atoms with Gasteiger partial charge in [0.25, 0.3) is 0 Å². The predicted octanol–water partition coefficient (Wildman–Crippen LogP) is 2.49. The fraction of sp³-hybridized carbons (Fsp3) is 0.667. The van der Waals surface area contributed by atoms with E-state index in [1.165, 1.54) is 27.8 Å². The molecule has 1 aliphatic rings. The van der Waals surface area contributed by atoms with Crippen LogP contribution in [0, 0.1) is 13.8 Å². The number of thioether (sulfide) groups is 1. The molecule has 0 saturated carbocycles. The number of nitrogens with zero attached hydrogens (tertiary/aromatic N) is 1. The van der Waals surface area contributed by atoms with E-state index in [9.17, 15) is 0 Å². The second-order valence-corrected chi connectivity index (χ2v) is 5.69. The lowest BCUT2D eigenvalue weighted by molar-refractivity contribution is 0.646. The summed E-state index contributed by atoms with van der Waals surface area (Å²) in [4.78, 5) is 5.87. The highest BCUT2D eigenvalue weighted by molar-refractivity contribution is 7.99. The summed E-state index contributed by atoms with van der Waals surface area (Å²) in [5.41, 5.74) is 1.20. The van der Waals surface area contributed by atoms with Gasteiger partial charge in [0, 0.05) is 0 Å². The Morgan fingerprint density at radius 3 is 2.85 bits per heavy atom. The molecule has 1 atom stereocenters. The van der Waals surface area contributed by atoms with E-state index in [0.29, 0.717) is 5.37 Å². The fourth-order valence-corrected chi connectivity index (χ4v) is 3.86. The van der Waals surface area contributed by atoms with Crippen LogP contribution in [0.15, 0.2) is 0 Å². The van der Waals surface area contributed by atoms with E-state index in [0.717, 1.165) is 6.54 Å². The first-order valence-electron chi connectivity index (χ1n) is 4.56. The Hall–Kier alpha value is -0.0600. The third-order valence-corrected chi connectivity index (χ3v) is 4.66. The van der Waals surface area contributed by atoms with Gasteiger partial charge < -0.3 is 5.32 Å². The van der Waals surface area contributed by atoms with E-state index in [1.807, 2.05) is 23.1 Å². The molecule has 0 radical (unpaired) electrons. The van der Waals surface area contributed by atoms with Crippen molar-refractivity contribution >= 4 is 23.1 Å².